The highest BCUT2D eigenvalue weighted by Crippen LogP contribution is 2.20. The molecule has 2 aromatic rings. The highest BCUT2D eigenvalue weighted by Gasteiger charge is 2.16. The Kier molecular flexibility index (Phi) is 5.74. The van der Waals surface area contributed by atoms with Crippen LogP contribution in [0.2, 0.25) is 0 Å². The van der Waals surface area contributed by atoms with Gasteiger partial charge in [0.1, 0.15) is 11.9 Å². The molecule has 0 atom stereocenters. The van der Waals surface area contributed by atoms with Crippen molar-refractivity contribution in [2.45, 2.75) is 32.8 Å². The van der Waals surface area contributed by atoms with Crippen LogP contribution in [0.25, 0.3) is 11.4 Å². The largest absolute Gasteiger partial charge is 0.444 e. The summed E-state index contributed by atoms with van der Waals surface area (Å²) in [6.45, 7) is 5.54. The molecule has 134 valence electrons. The summed E-state index contributed by atoms with van der Waals surface area (Å²) in [6.07, 6.45) is 1.22. The molecule has 25 heavy (non-hydrogen) atoms. The highest BCUT2D eigenvalue weighted by molar-refractivity contribution is 5.91. The van der Waals surface area contributed by atoms with Crippen molar-refractivity contribution in [3.8, 4) is 11.4 Å². The number of carbonyl (C=O) groups excluding carboxylic acids is 2. The number of hydrogen-bond acceptors (Lipinski definition) is 5. The van der Waals surface area contributed by atoms with Gasteiger partial charge in [0.25, 0.3) is 0 Å². The van der Waals surface area contributed by atoms with Crippen molar-refractivity contribution in [2.75, 3.05) is 11.9 Å². The van der Waals surface area contributed by atoms with Crippen molar-refractivity contribution in [2.24, 2.45) is 7.05 Å². The predicted molar refractivity (Wildman–Crippen MR) is 93.9 cm³/mol. The molecule has 2 rings (SSSR count). The minimum Gasteiger partial charge on any atom is -0.444 e. The Labute approximate surface area is 146 Å². The average Bonchev–Trinajstić information content (AvgIpc) is 2.91. The van der Waals surface area contributed by atoms with Gasteiger partial charge in [-0.15, -0.1) is 10.2 Å². The predicted octanol–water partition coefficient (Wildman–Crippen LogP) is 2.34. The molecule has 1 heterocycles. The molecule has 0 saturated heterocycles. The summed E-state index contributed by atoms with van der Waals surface area (Å²) in [5, 5.41) is 13.2. The number of anilines is 1. The topological polar surface area (TPSA) is 98.1 Å². The fourth-order valence-electron chi connectivity index (χ4n) is 2.10. The smallest absolute Gasteiger partial charge is 0.407 e. The maximum Gasteiger partial charge on any atom is 0.407 e. The molecule has 0 aliphatic heterocycles. The first-order chi connectivity index (χ1) is 11.7. The van der Waals surface area contributed by atoms with Gasteiger partial charge in [-0.25, -0.2) is 4.79 Å². The van der Waals surface area contributed by atoms with Gasteiger partial charge in [-0.2, -0.15) is 0 Å². The summed E-state index contributed by atoms with van der Waals surface area (Å²) in [4.78, 5) is 23.5. The van der Waals surface area contributed by atoms with E-state index in [0.29, 0.717) is 11.5 Å². The van der Waals surface area contributed by atoms with Crippen molar-refractivity contribution < 1.29 is 14.3 Å². The van der Waals surface area contributed by atoms with E-state index >= 15 is 0 Å². The second-order valence-corrected chi connectivity index (χ2v) is 6.57. The standard InChI is InChI=1S/C17H23N5O3/c1-17(2,3)25-16(24)18-9-8-14(23)20-13-7-5-6-12(10-13)15-21-19-11-22(15)4/h5-7,10-11H,8-9H2,1-4H3,(H,18,24)(H,20,23). The first kappa shape index (κ1) is 18.4. The van der Waals surface area contributed by atoms with Gasteiger partial charge in [0.2, 0.25) is 5.91 Å². The number of hydrogen-bond donors (Lipinski definition) is 2. The Morgan fingerprint density at radius 1 is 1.28 bits per heavy atom. The van der Waals surface area contributed by atoms with Crippen molar-refractivity contribution in [3.63, 3.8) is 0 Å². The molecule has 8 nitrogen and oxygen atoms in total. The van der Waals surface area contributed by atoms with E-state index in [2.05, 4.69) is 20.8 Å². The number of benzene rings is 1. The summed E-state index contributed by atoms with van der Waals surface area (Å²) < 4.78 is 6.91. The molecule has 8 heteroatoms. The van der Waals surface area contributed by atoms with Crippen molar-refractivity contribution in [3.05, 3.63) is 30.6 Å². The Hall–Kier alpha value is -2.90. The molecule has 0 fully saturated rings. The number of aromatic nitrogens is 3. The van der Waals surface area contributed by atoms with Gasteiger partial charge in [0.15, 0.2) is 5.82 Å². The first-order valence-corrected chi connectivity index (χ1v) is 7.96. The summed E-state index contributed by atoms with van der Waals surface area (Å²) >= 11 is 0. The molecule has 0 radical (unpaired) electrons. The molecule has 1 aromatic heterocycles. The van der Waals surface area contributed by atoms with E-state index < -0.39 is 11.7 Å². The van der Waals surface area contributed by atoms with Crippen LogP contribution in [0, 0.1) is 0 Å². The van der Waals surface area contributed by atoms with Gasteiger partial charge >= 0.3 is 6.09 Å². The summed E-state index contributed by atoms with van der Waals surface area (Å²) in [6, 6.07) is 7.34. The zero-order chi connectivity index (χ0) is 18.4. The fourth-order valence-corrected chi connectivity index (χ4v) is 2.10. The third kappa shape index (κ3) is 5.91. The maximum absolute atomic E-state index is 12.0. The lowest BCUT2D eigenvalue weighted by molar-refractivity contribution is -0.116. The molecular weight excluding hydrogens is 322 g/mol. The van der Waals surface area contributed by atoms with Crippen LogP contribution in [-0.2, 0) is 16.6 Å². The molecule has 0 bridgehead atoms. The van der Waals surface area contributed by atoms with Crippen LogP contribution in [-0.4, -0.2) is 38.9 Å². The van der Waals surface area contributed by atoms with Crippen LogP contribution < -0.4 is 10.6 Å². The highest BCUT2D eigenvalue weighted by atomic mass is 16.6. The number of nitrogens with one attached hydrogen (secondary N) is 2. The molecular formula is C17H23N5O3. The van der Waals surface area contributed by atoms with Crippen LogP contribution in [0.3, 0.4) is 0 Å². The summed E-state index contributed by atoms with van der Waals surface area (Å²) in [5.41, 5.74) is 0.944. The molecule has 0 saturated carbocycles. The van der Waals surface area contributed by atoms with Gasteiger partial charge in [0.05, 0.1) is 0 Å². The molecule has 0 aliphatic carbocycles. The Bertz CT molecular complexity index is 749. The third-order valence-corrected chi connectivity index (χ3v) is 3.14. The van der Waals surface area contributed by atoms with E-state index in [-0.39, 0.29) is 18.9 Å². The third-order valence-electron chi connectivity index (χ3n) is 3.14. The second kappa shape index (κ2) is 7.78. The van der Waals surface area contributed by atoms with Crippen LogP contribution >= 0.6 is 0 Å². The minimum absolute atomic E-state index is 0.146. The maximum atomic E-state index is 12.0. The molecule has 0 spiro atoms. The van der Waals surface area contributed by atoms with Gasteiger partial charge in [-0.05, 0) is 32.9 Å². The lowest BCUT2D eigenvalue weighted by Crippen LogP contribution is -2.34. The van der Waals surface area contributed by atoms with Gasteiger partial charge in [-0.3, -0.25) is 4.79 Å². The van der Waals surface area contributed by atoms with Crippen molar-refractivity contribution in [1.29, 1.82) is 0 Å². The minimum atomic E-state index is -0.563. The molecule has 2 N–H and O–H groups in total. The monoisotopic (exact) mass is 345 g/mol. The Morgan fingerprint density at radius 3 is 2.68 bits per heavy atom. The van der Waals surface area contributed by atoms with Crippen LogP contribution in [0.5, 0.6) is 0 Å². The average molecular weight is 345 g/mol. The lowest BCUT2D eigenvalue weighted by Gasteiger charge is -2.19. The molecule has 0 aliphatic rings. The summed E-state index contributed by atoms with van der Waals surface area (Å²) in [5.74, 6) is 0.508. The normalized spacial score (nSPS) is 11.0. The Morgan fingerprint density at radius 2 is 2.04 bits per heavy atom. The number of ether oxygens (including phenoxy) is 1. The summed E-state index contributed by atoms with van der Waals surface area (Å²) in [7, 11) is 1.85. The van der Waals surface area contributed by atoms with Crippen LogP contribution in [0.1, 0.15) is 27.2 Å². The van der Waals surface area contributed by atoms with Gasteiger partial charge < -0.3 is 19.9 Å². The van der Waals surface area contributed by atoms with Crippen molar-refractivity contribution in [1.82, 2.24) is 20.1 Å². The van der Waals surface area contributed by atoms with Gasteiger partial charge in [-0.1, -0.05) is 12.1 Å². The zero-order valence-electron chi connectivity index (χ0n) is 14.9. The lowest BCUT2D eigenvalue weighted by atomic mass is 10.2. The van der Waals surface area contributed by atoms with E-state index in [0.717, 1.165) is 5.56 Å². The van der Waals surface area contributed by atoms with E-state index in [1.54, 1.807) is 37.7 Å². The number of aryl methyl sites for hydroxylation is 1. The first-order valence-electron chi connectivity index (χ1n) is 7.96. The van der Waals surface area contributed by atoms with E-state index in [1.807, 2.05) is 25.2 Å². The van der Waals surface area contributed by atoms with E-state index in [1.165, 1.54) is 0 Å². The molecule has 2 amide bonds. The Balaban J connectivity index is 1.85. The second-order valence-electron chi connectivity index (χ2n) is 6.57. The van der Waals surface area contributed by atoms with Crippen LogP contribution in [0.15, 0.2) is 30.6 Å². The number of carbonyl (C=O) groups is 2. The number of alkyl carbamates (subject to hydrolysis) is 1. The fraction of sp³-hybridized carbons (Fsp3) is 0.412. The van der Waals surface area contributed by atoms with Gasteiger partial charge in [0, 0.05) is 31.3 Å². The van der Waals surface area contributed by atoms with Crippen molar-refractivity contribution >= 4 is 17.7 Å². The van der Waals surface area contributed by atoms with E-state index in [9.17, 15) is 9.59 Å². The molecule has 0 unspecified atom stereocenters. The van der Waals surface area contributed by atoms with Crippen LogP contribution in [0.4, 0.5) is 10.5 Å². The quantitative estimate of drug-likeness (QED) is 0.867. The number of amides is 2. The molecule has 1 aromatic carbocycles. The SMILES string of the molecule is Cn1cnnc1-c1cccc(NC(=O)CCNC(=O)OC(C)(C)C)c1. The van der Waals surface area contributed by atoms with E-state index in [4.69, 9.17) is 4.74 Å². The number of nitrogens with zero attached hydrogens (tertiary/aromatic N) is 3. The zero-order valence-corrected chi connectivity index (χ0v) is 14.9. The number of rotatable bonds is 5.